The Kier molecular flexibility index (Phi) is 6.13. The van der Waals surface area contributed by atoms with Crippen LogP contribution in [0, 0.1) is 17.2 Å². The van der Waals surface area contributed by atoms with Crippen molar-refractivity contribution in [1.82, 2.24) is 0 Å². The third-order valence-electron chi connectivity index (χ3n) is 3.47. The van der Waals surface area contributed by atoms with Gasteiger partial charge in [-0.05, 0) is 43.3 Å². The van der Waals surface area contributed by atoms with E-state index in [1.165, 1.54) is 19.2 Å². The molecule has 0 saturated heterocycles. The number of carbonyl (C=O) groups excluding carboxylic acids is 2. The molecule has 0 aliphatic heterocycles. The van der Waals surface area contributed by atoms with Crippen molar-refractivity contribution in [3.8, 4) is 17.6 Å². The summed E-state index contributed by atoms with van der Waals surface area (Å²) in [6, 6.07) is 14.9. The predicted octanol–water partition coefficient (Wildman–Crippen LogP) is 3.06. The van der Waals surface area contributed by atoms with Crippen LogP contribution in [0.2, 0.25) is 0 Å². The van der Waals surface area contributed by atoms with Crippen molar-refractivity contribution in [2.45, 2.75) is 6.92 Å². The second-order valence-electron chi connectivity index (χ2n) is 5.07. The summed E-state index contributed by atoms with van der Waals surface area (Å²) in [7, 11) is 1.51. The third-order valence-corrected chi connectivity index (χ3v) is 3.47. The molecule has 128 valence electrons. The maximum absolute atomic E-state index is 12.5. The number of benzene rings is 2. The molecule has 0 unspecified atom stereocenters. The van der Waals surface area contributed by atoms with Gasteiger partial charge in [-0.15, -0.1) is 0 Å². The molecule has 0 aromatic heterocycles. The number of hydrogen-bond acceptors (Lipinski definition) is 5. The summed E-state index contributed by atoms with van der Waals surface area (Å²) < 4.78 is 10.5. The smallest absolute Gasteiger partial charge is 0.249 e. The second-order valence-corrected chi connectivity index (χ2v) is 5.07. The second kappa shape index (κ2) is 8.50. The Morgan fingerprint density at radius 2 is 1.84 bits per heavy atom. The molecule has 0 radical (unpaired) electrons. The lowest BCUT2D eigenvalue weighted by atomic mass is 9.98. The number of rotatable bonds is 7. The minimum Gasteiger partial charge on any atom is -0.497 e. The fraction of sp³-hybridized carbons (Fsp3) is 0.211. The van der Waals surface area contributed by atoms with Crippen LogP contribution in [0.3, 0.4) is 0 Å². The third kappa shape index (κ3) is 4.36. The molecule has 0 fully saturated rings. The van der Waals surface area contributed by atoms with Gasteiger partial charge in [-0.25, -0.2) is 0 Å². The first-order valence-electron chi connectivity index (χ1n) is 7.71. The Bertz CT molecular complexity index is 794. The van der Waals surface area contributed by atoms with Crippen molar-refractivity contribution >= 4 is 17.4 Å². The SMILES string of the molecule is CCOc1ccccc1NC(=O)[C@H](C#N)C(=O)c1ccc(OC)cc1. The van der Waals surface area contributed by atoms with Crippen molar-refractivity contribution < 1.29 is 19.1 Å². The van der Waals surface area contributed by atoms with E-state index in [0.717, 1.165) is 0 Å². The van der Waals surface area contributed by atoms with Gasteiger partial charge in [-0.2, -0.15) is 5.26 Å². The van der Waals surface area contributed by atoms with Crippen LogP contribution >= 0.6 is 0 Å². The highest BCUT2D eigenvalue weighted by molar-refractivity contribution is 6.15. The van der Waals surface area contributed by atoms with Gasteiger partial charge in [0.25, 0.3) is 0 Å². The maximum atomic E-state index is 12.5. The first-order chi connectivity index (χ1) is 12.1. The molecule has 0 aliphatic carbocycles. The minimum absolute atomic E-state index is 0.264. The molecule has 2 aromatic carbocycles. The van der Waals surface area contributed by atoms with Crippen molar-refractivity contribution in [3.63, 3.8) is 0 Å². The van der Waals surface area contributed by atoms with Crippen LogP contribution in [0.5, 0.6) is 11.5 Å². The first-order valence-corrected chi connectivity index (χ1v) is 7.71. The standard InChI is InChI=1S/C19H18N2O4/c1-3-25-17-7-5-4-6-16(17)21-19(23)15(12-20)18(22)13-8-10-14(24-2)11-9-13/h4-11,15H,3H2,1-2H3,(H,21,23)/t15-/m1/s1. The van der Waals surface area contributed by atoms with Gasteiger partial charge in [-0.1, -0.05) is 12.1 Å². The van der Waals surface area contributed by atoms with E-state index >= 15 is 0 Å². The fourth-order valence-electron chi connectivity index (χ4n) is 2.21. The van der Waals surface area contributed by atoms with E-state index in [1.54, 1.807) is 42.5 Å². The Morgan fingerprint density at radius 3 is 2.44 bits per heavy atom. The largest absolute Gasteiger partial charge is 0.497 e. The number of nitrogens with zero attached hydrogens (tertiary/aromatic N) is 1. The van der Waals surface area contributed by atoms with Crippen molar-refractivity contribution in [1.29, 1.82) is 5.26 Å². The van der Waals surface area contributed by atoms with Crippen LogP contribution in [0.4, 0.5) is 5.69 Å². The Hall–Kier alpha value is -3.33. The van der Waals surface area contributed by atoms with E-state index in [1.807, 2.05) is 6.92 Å². The topological polar surface area (TPSA) is 88.4 Å². The van der Waals surface area contributed by atoms with Gasteiger partial charge in [-0.3, -0.25) is 9.59 Å². The summed E-state index contributed by atoms with van der Waals surface area (Å²) in [5.41, 5.74) is 0.678. The number of carbonyl (C=O) groups is 2. The number of hydrogen-bond donors (Lipinski definition) is 1. The van der Waals surface area contributed by atoms with Crippen LogP contribution < -0.4 is 14.8 Å². The van der Waals surface area contributed by atoms with E-state index in [0.29, 0.717) is 23.8 Å². The number of amides is 1. The molecule has 0 bridgehead atoms. The number of Topliss-reactive ketones (excluding diaryl/α,β-unsaturated/α-hetero) is 1. The number of nitrogens with one attached hydrogen (secondary N) is 1. The molecular formula is C19H18N2O4. The zero-order chi connectivity index (χ0) is 18.2. The van der Waals surface area contributed by atoms with Gasteiger partial charge in [0.05, 0.1) is 25.5 Å². The van der Waals surface area contributed by atoms with Gasteiger partial charge in [0.15, 0.2) is 11.7 Å². The van der Waals surface area contributed by atoms with Crippen molar-refractivity contribution in [2.24, 2.45) is 5.92 Å². The van der Waals surface area contributed by atoms with Crippen molar-refractivity contribution in [2.75, 3.05) is 19.0 Å². The molecule has 0 saturated carbocycles. The van der Waals surface area contributed by atoms with Crippen molar-refractivity contribution in [3.05, 3.63) is 54.1 Å². The first kappa shape index (κ1) is 18.0. The molecule has 1 amide bonds. The summed E-state index contributed by atoms with van der Waals surface area (Å²) in [4.78, 5) is 24.9. The number of ether oxygens (including phenoxy) is 2. The lowest BCUT2D eigenvalue weighted by Crippen LogP contribution is -2.28. The summed E-state index contributed by atoms with van der Waals surface area (Å²) in [5, 5.41) is 11.9. The summed E-state index contributed by atoms with van der Waals surface area (Å²) in [6.07, 6.45) is 0. The quantitative estimate of drug-likeness (QED) is 0.619. The predicted molar refractivity (Wildman–Crippen MR) is 92.7 cm³/mol. The number of anilines is 1. The number of nitriles is 1. The average molecular weight is 338 g/mol. The Morgan fingerprint density at radius 1 is 1.16 bits per heavy atom. The number of methoxy groups -OCH3 is 1. The molecule has 25 heavy (non-hydrogen) atoms. The van der Waals surface area contributed by atoms with E-state index < -0.39 is 17.6 Å². The van der Waals surface area contributed by atoms with Crippen LogP contribution in [0.1, 0.15) is 17.3 Å². The van der Waals surface area contributed by atoms with Crippen LogP contribution in [-0.2, 0) is 4.79 Å². The average Bonchev–Trinajstić information content (AvgIpc) is 2.64. The molecular weight excluding hydrogens is 320 g/mol. The highest BCUT2D eigenvalue weighted by Crippen LogP contribution is 2.24. The number of para-hydroxylation sites is 2. The van der Waals surface area contributed by atoms with Gasteiger partial charge >= 0.3 is 0 Å². The summed E-state index contributed by atoms with van der Waals surface area (Å²) in [6.45, 7) is 2.25. The Balaban J connectivity index is 2.18. The zero-order valence-electron chi connectivity index (χ0n) is 14.0. The minimum atomic E-state index is -1.46. The highest BCUT2D eigenvalue weighted by atomic mass is 16.5. The van der Waals surface area contributed by atoms with Crippen LogP contribution in [0.25, 0.3) is 0 Å². The monoisotopic (exact) mass is 338 g/mol. The van der Waals surface area contributed by atoms with Gasteiger partial charge in [0.1, 0.15) is 11.5 Å². The number of ketones is 1. The molecule has 1 N–H and O–H groups in total. The molecule has 0 aliphatic rings. The molecule has 2 rings (SSSR count). The molecule has 6 nitrogen and oxygen atoms in total. The Labute approximate surface area is 146 Å². The van der Waals surface area contributed by atoms with Gasteiger partial charge in [0.2, 0.25) is 5.91 Å². The van der Waals surface area contributed by atoms with E-state index in [4.69, 9.17) is 9.47 Å². The molecule has 6 heteroatoms. The van der Waals surface area contributed by atoms with E-state index in [9.17, 15) is 14.9 Å². The van der Waals surface area contributed by atoms with Crippen LogP contribution in [-0.4, -0.2) is 25.4 Å². The van der Waals surface area contributed by atoms with E-state index in [2.05, 4.69) is 5.32 Å². The van der Waals surface area contributed by atoms with Gasteiger partial charge < -0.3 is 14.8 Å². The van der Waals surface area contributed by atoms with Gasteiger partial charge in [0, 0.05) is 5.56 Å². The normalized spacial score (nSPS) is 11.1. The zero-order valence-corrected chi connectivity index (χ0v) is 14.0. The van der Waals surface area contributed by atoms with Crippen LogP contribution in [0.15, 0.2) is 48.5 Å². The molecule has 0 spiro atoms. The maximum Gasteiger partial charge on any atom is 0.249 e. The lowest BCUT2D eigenvalue weighted by molar-refractivity contribution is -0.117. The molecule has 2 aromatic rings. The summed E-state index contributed by atoms with van der Waals surface area (Å²) in [5.74, 6) is -1.66. The summed E-state index contributed by atoms with van der Waals surface area (Å²) >= 11 is 0. The fourth-order valence-corrected chi connectivity index (χ4v) is 2.21. The highest BCUT2D eigenvalue weighted by Gasteiger charge is 2.28. The lowest BCUT2D eigenvalue weighted by Gasteiger charge is -2.13. The molecule has 1 atom stereocenters. The van der Waals surface area contributed by atoms with E-state index in [-0.39, 0.29) is 5.56 Å². The molecule has 0 heterocycles.